The smallest absolute Gasteiger partial charge is 0.316 e. The maximum absolute atomic E-state index is 12.8. The minimum absolute atomic E-state index is 0.124. The van der Waals surface area contributed by atoms with Crippen LogP contribution in [0.2, 0.25) is 0 Å². The summed E-state index contributed by atoms with van der Waals surface area (Å²) in [6.07, 6.45) is 0. The molecule has 0 saturated heterocycles. The molecule has 0 saturated carbocycles. The topological polar surface area (TPSA) is 43.4 Å². The fourth-order valence-corrected chi connectivity index (χ4v) is 3.10. The number of carbonyl (C=O) groups excluding carboxylic acids is 2. The second-order valence-corrected chi connectivity index (χ2v) is 6.72. The second-order valence-electron chi connectivity index (χ2n) is 4.79. The largest absolute Gasteiger partial charge is 0.457 e. The third-order valence-corrected chi connectivity index (χ3v) is 4.66. The van der Waals surface area contributed by atoms with Gasteiger partial charge in [-0.1, -0.05) is 15.9 Å². The molecule has 2 aromatic carbocycles. The van der Waals surface area contributed by atoms with Gasteiger partial charge in [-0.05, 0) is 55.0 Å². The normalized spacial score (nSPS) is 10.4. The van der Waals surface area contributed by atoms with Crippen molar-refractivity contribution in [2.75, 3.05) is 12.4 Å². The first-order chi connectivity index (χ1) is 11.0. The zero-order valence-corrected chi connectivity index (χ0v) is 14.7. The Morgan fingerprint density at radius 2 is 1.87 bits per heavy atom. The Morgan fingerprint density at radius 1 is 1.17 bits per heavy atom. The fraction of sp³-hybridized carbons (Fsp3) is 0.176. The quantitative estimate of drug-likeness (QED) is 0.411. The highest BCUT2D eigenvalue weighted by Gasteiger charge is 2.11. The van der Waals surface area contributed by atoms with Crippen molar-refractivity contribution in [2.24, 2.45) is 0 Å². The van der Waals surface area contributed by atoms with Crippen LogP contribution in [0, 0.1) is 12.7 Å². The Hall–Kier alpha value is -1.66. The molecular weight excluding hydrogens is 383 g/mol. The molecule has 0 heterocycles. The zero-order chi connectivity index (χ0) is 16.8. The Kier molecular flexibility index (Phi) is 6.36. The van der Waals surface area contributed by atoms with Gasteiger partial charge in [-0.3, -0.25) is 9.59 Å². The Morgan fingerprint density at radius 3 is 2.52 bits per heavy atom. The molecule has 23 heavy (non-hydrogen) atoms. The molecule has 0 atom stereocenters. The summed E-state index contributed by atoms with van der Waals surface area (Å²) in [4.78, 5) is 24.5. The number of rotatable bonds is 6. The SMILES string of the molecule is Cc1cc(Br)ccc1SCC(=O)OCC(=O)c1ccc(F)cc1. The average Bonchev–Trinajstić information content (AvgIpc) is 2.52. The van der Waals surface area contributed by atoms with Gasteiger partial charge in [0.2, 0.25) is 0 Å². The Balaban J connectivity index is 1.81. The van der Waals surface area contributed by atoms with E-state index < -0.39 is 11.8 Å². The molecule has 0 bridgehead atoms. The second kappa shape index (κ2) is 8.26. The van der Waals surface area contributed by atoms with Gasteiger partial charge >= 0.3 is 5.97 Å². The number of hydrogen-bond acceptors (Lipinski definition) is 4. The lowest BCUT2D eigenvalue weighted by Gasteiger charge is -2.07. The van der Waals surface area contributed by atoms with Crippen LogP contribution in [0.5, 0.6) is 0 Å². The third-order valence-electron chi connectivity index (χ3n) is 3.01. The number of ether oxygens (including phenoxy) is 1. The van der Waals surface area contributed by atoms with Gasteiger partial charge in [-0.2, -0.15) is 0 Å². The van der Waals surface area contributed by atoms with Gasteiger partial charge in [0.05, 0.1) is 5.75 Å². The summed E-state index contributed by atoms with van der Waals surface area (Å²) in [6, 6.07) is 10.9. The standard InChI is InChI=1S/C17H14BrFO3S/c1-11-8-13(18)4-7-16(11)23-10-17(21)22-9-15(20)12-2-5-14(19)6-3-12/h2-8H,9-10H2,1H3. The molecule has 2 aromatic rings. The first-order valence-electron chi connectivity index (χ1n) is 6.79. The molecular formula is C17H14BrFO3S. The number of hydrogen-bond donors (Lipinski definition) is 0. The lowest BCUT2D eigenvalue weighted by Crippen LogP contribution is -2.15. The van der Waals surface area contributed by atoms with E-state index in [1.54, 1.807) is 0 Å². The van der Waals surface area contributed by atoms with Gasteiger partial charge in [0, 0.05) is 14.9 Å². The van der Waals surface area contributed by atoms with Crippen molar-refractivity contribution >= 4 is 39.4 Å². The van der Waals surface area contributed by atoms with Crippen molar-refractivity contribution in [1.82, 2.24) is 0 Å². The molecule has 2 rings (SSSR count). The van der Waals surface area contributed by atoms with E-state index in [1.165, 1.54) is 36.0 Å². The lowest BCUT2D eigenvalue weighted by atomic mass is 10.1. The maximum atomic E-state index is 12.8. The summed E-state index contributed by atoms with van der Waals surface area (Å²) in [7, 11) is 0. The highest BCUT2D eigenvalue weighted by Crippen LogP contribution is 2.25. The molecule has 0 radical (unpaired) electrons. The molecule has 0 amide bonds. The maximum Gasteiger partial charge on any atom is 0.316 e. The molecule has 0 aliphatic rings. The number of ketones is 1. The van der Waals surface area contributed by atoms with Crippen molar-refractivity contribution in [3.63, 3.8) is 0 Å². The number of carbonyl (C=O) groups is 2. The van der Waals surface area contributed by atoms with Gasteiger partial charge in [0.15, 0.2) is 12.4 Å². The average molecular weight is 397 g/mol. The van der Waals surface area contributed by atoms with Gasteiger partial charge in [0.1, 0.15) is 5.82 Å². The number of thioether (sulfide) groups is 1. The van der Waals surface area contributed by atoms with E-state index in [2.05, 4.69) is 15.9 Å². The molecule has 0 spiro atoms. The highest BCUT2D eigenvalue weighted by atomic mass is 79.9. The van der Waals surface area contributed by atoms with Crippen LogP contribution in [0.25, 0.3) is 0 Å². The third kappa shape index (κ3) is 5.48. The summed E-state index contributed by atoms with van der Waals surface area (Å²) in [6.45, 7) is 1.61. The Labute approximate surface area is 146 Å². The van der Waals surface area contributed by atoms with E-state index in [9.17, 15) is 14.0 Å². The number of halogens is 2. The molecule has 0 fully saturated rings. The minimum Gasteiger partial charge on any atom is -0.457 e. The predicted molar refractivity (Wildman–Crippen MR) is 91.3 cm³/mol. The number of esters is 1. The summed E-state index contributed by atoms with van der Waals surface area (Å²) >= 11 is 4.74. The van der Waals surface area contributed by atoms with Gasteiger partial charge < -0.3 is 4.74 Å². The van der Waals surface area contributed by atoms with Crippen molar-refractivity contribution in [1.29, 1.82) is 0 Å². The van der Waals surface area contributed by atoms with Crippen molar-refractivity contribution in [2.45, 2.75) is 11.8 Å². The molecule has 0 N–H and O–H groups in total. The van der Waals surface area contributed by atoms with Gasteiger partial charge in [0.25, 0.3) is 0 Å². The number of aryl methyl sites for hydroxylation is 1. The summed E-state index contributed by atoms with van der Waals surface area (Å²) in [5.41, 5.74) is 1.37. The van der Waals surface area contributed by atoms with Crippen LogP contribution in [0.1, 0.15) is 15.9 Å². The van der Waals surface area contributed by atoms with E-state index in [-0.39, 0.29) is 18.1 Å². The van der Waals surface area contributed by atoms with Crippen LogP contribution in [0.3, 0.4) is 0 Å². The highest BCUT2D eigenvalue weighted by molar-refractivity contribution is 9.10. The van der Waals surface area contributed by atoms with Crippen LogP contribution in [-0.4, -0.2) is 24.1 Å². The fourth-order valence-electron chi connectivity index (χ4n) is 1.82. The van der Waals surface area contributed by atoms with Crippen LogP contribution in [0.4, 0.5) is 4.39 Å². The van der Waals surface area contributed by atoms with E-state index >= 15 is 0 Å². The monoisotopic (exact) mass is 396 g/mol. The zero-order valence-electron chi connectivity index (χ0n) is 12.3. The molecule has 3 nitrogen and oxygen atoms in total. The van der Waals surface area contributed by atoms with Gasteiger partial charge in [-0.15, -0.1) is 11.8 Å². The molecule has 6 heteroatoms. The van der Waals surface area contributed by atoms with E-state index in [0.717, 1.165) is 14.9 Å². The molecule has 0 aliphatic heterocycles. The van der Waals surface area contributed by atoms with Crippen LogP contribution in [-0.2, 0) is 9.53 Å². The van der Waals surface area contributed by atoms with E-state index in [0.29, 0.717) is 5.56 Å². The minimum atomic E-state index is -0.465. The summed E-state index contributed by atoms with van der Waals surface area (Å²) < 4.78 is 18.7. The number of benzene rings is 2. The summed E-state index contributed by atoms with van der Waals surface area (Å²) in [5.74, 6) is -1.12. The first-order valence-corrected chi connectivity index (χ1v) is 8.57. The van der Waals surface area contributed by atoms with Crippen molar-refractivity contribution in [3.05, 3.63) is 63.9 Å². The van der Waals surface area contributed by atoms with Crippen LogP contribution < -0.4 is 0 Å². The van der Waals surface area contributed by atoms with Crippen LogP contribution >= 0.6 is 27.7 Å². The van der Waals surface area contributed by atoms with Gasteiger partial charge in [-0.25, -0.2) is 4.39 Å². The lowest BCUT2D eigenvalue weighted by molar-refractivity contribution is -0.139. The van der Waals surface area contributed by atoms with Crippen molar-refractivity contribution in [3.8, 4) is 0 Å². The van der Waals surface area contributed by atoms with Crippen molar-refractivity contribution < 1.29 is 18.7 Å². The molecule has 0 aromatic heterocycles. The molecule has 120 valence electrons. The first kappa shape index (κ1) is 17.7. The predicted octanol–water partition coefficient (Wildman–Crippen LogP) is 4.41. The Bertz CT molecular complexity index is 716. The van der Waals surface area contributed by atoms with Crippen LogP contribution in [0.15, 0.2) is 51.8 Å². The molecule has 0 aliphatic carbocycles. The summed E-state index contributed by atoms with van der Waals surface area (Å²) in [5, 5.41) is 0. The van der Waals surface area contributed by atoms with E-state index in [1.807, 2.05) is 25.1 Å². The molecule has 0 unspecified atom stereocenters. The number of Topliss-reactive ketones (excluding diaryl/α,β-unsaturated/α-hetero) is 1. The van der Waals surface area contributed by atoms with E-state index in [4.69, 9.17) is 4.74 Å².